The van der Waals surface area contributed by atoms with E-state index < -0.39 is 5.97 Å². The molecule has 0 saturated heterocycles. The summed E-state index contributed by atoms with van der Waals surface area (Å²) in [6.45, 7) is 0. The first-order chi connectivity index (χ1) is 2.64. The average molecular weight is 208 g/mol. The summed E-state index contributed by atoms with van der Waals surface area (Å²) in [5.74, 6) is -0.692. The van der Waals surface area contributed by atoms with Gasteiger partial charge in [-0.3, -0.25) is 0 Å². The molecule has 0 aromatic heterocycles. The number of carboxylic acid groups (broad SMARTS) is 1. The van der Waals surface area contributed by atoms with Gasteiger partial charge in [0.25, 0.3) is 0 Å². The Morgan fingerprint density at radius 1 is 2.00 bits per heavy atom. The molecule has 2 nitrogen and oxygen atoms in total. The van der Waals surface area contributed by atoms with Crippen LogP contribution in [0.2, 0.25) is 0 Å². The van der Waals surface area contributed by atoms with Crippen molar-refractivity contribution in [1.82, 2.24) is 0 Å². The molecular formula is C2H2INaO2. The van der Waals surface area contributed by atoms with Crippen molar-refractivity contribution in [1.29, 1.82) is 0 Å². The van der Waals surface area contributed by atoms with E-state index in [2.05, 4.69) is 0 Å². The summed E-state index contributed by atoms with van der Waals surface area (Å²) in [4.78, 5) is 9.73. The molecule has 0 aliphatic rings. The SMILES string of the molecule is O=C(O)[CH]([Na])I. The standard InChI is InChI=1S/C2H2IO2.Na/c3-1-2(4)5;/h1H,(H,4,5);. The predicted octanol–water partition coefficient (Wildman–Crippen LogP) is 0.000600. The van der Waals surface area contributed by atoms with Gasteiger partial charge in [0.05, 0.1) is 0 Å². The maximum absolute atomic E-state index is 9.73. The number of aliphatic carboxylic acids is 1. The van der Waals surface area contributed by atoms with Crippen molar-refractivity contribution >= 4 is 56.5 Å². The average Bonchev–Trinajstić information content (AvgIpc) is 1.36. The van der Waals surface area contributed by atoms with Crippen LogP contribution in [0.15, 0.2) is 0 Å². The predicted molar refractivity (Wildman–Crippen MR) is 31.2 cm³/mol. The molecule has 0 amide bonds. The molecule has 0 aliphatic heterocycles. The zero-order valence-electron chi connectivity index (χ0n) is 3.31. The summed E-state index contributed by atoms with van der Waals surface area (Å²) in [6.07, 6.45) is 0. The molecule has 1 unspecified atom stereocenters. The zero-order chi connectivity index (χ0) is 5.15. The van der Waals surface area contributed by atoms with Gasteiger partial charge in [0, 0.05) is 0 Å². The number of hydrogen-bond acceptors (Lipinski definition) is 1. The van der Waals surface area contributed by atoms with E-state index in [0.29, 0.717) is 0 Å². The van der Waals surface area contributed by atoms with E-state index in [-0.39, 0.29) is 1.17 Å². The van der Waals surface area contributed by atoms with Crippen LogP contribution in [0.25, 0.3) is 0 Å². The molecule has 0 fully saturated rings. The molecule has 0 rings (SSSR count). The molecule has 0 aromatic carbocycles. The van der Waals surface area contributed by atoms with Crippen molar-refractivity contribution in [2.75, 3.05) is 0 Å². The Labute approximate surface area is 66.9 Å². The Kier molecular flexibility index (Phi) is 3.88. The van der Waals surface area contributed by atoms with Crippen molar-refractivity contribution in [3.05, 3.63) is 0 Å². The van der Waals surface area contributed by atoms with Gasteiger partial charge < -0.3 is 0 Å². The summed E-state index contributed by atoms with van der Waals surface area (Å²) in [5.41, 5.74) is 0. The maximum atomic E-state index is 9.73. The van der Waals surface area contributed by atoms with Crippen LogP contribution in [0.1, 0.15) is 0 Å². The summed E-state index contributed by atoms with van der Waals surface area (Å²) < 4.78 is -0.123. The molecule has 0 bridgehead atoms. The monoisotopic (exact) mass is 208 g/mol. The molecular weight excluding hydrogens is 206 g/mol. The van der Waals surface area contributed by atoms with Gasteiger partial charge in [0.1, 0.15) is 0 Å². The molecule has 0 heterocycles. The van der Waals surface area contributed by atoms with E-state index in [9.17, 15) is 4.79 Å². The van der Waals surface area contributed by atoms with E-state index in [1.807, 2.05) is 22.6 Å². The van der Waals surface area contributed by atoms with Gasteiger partial charge in [-0.25, -0.2) is 0 Å². The molecule has 0 saturated carbocycles. The van der Waals surface area contributed by atoms with Crippen LogP contribution in [-0.4, -0.2) is 40.2 Å². The van der Waals surface area contributed by atoms with Crippen molar-refractivity contribution < 1.29 is 9.90 Å². The van der Waals surface area contributed by atoms with Gasteiger partial charge in [-0.2, -0.15) is 0 Å². The van der Waals surface area contributed by atoms with Crippen LogP contribution in [0.5, 0.6) is 0 Å². The van der Waals surface area contributed by atoms with Crippen LogP contribution in [0.3, 0.4) is 0 Å². The van der Waals surface area contributed by atoms with Gasteiger partial charge >= 0.3 is 67.6 Å². The number of carbonyl (C=O) groups is 1. The van der Waals surface area contributed by atoms with Gasteiger partial charge in [-0.15, -0.1) is 0 Å². The summed E-state index contributed by atoms with van der Waals surface area (Å²) in [5, 5.41) is 8.02. The molecule has 1 atom stereocenters. The summed E-state index contributed by atoms with van der Waals surface area (Å²) in [6, 6.07) is 0. The third-order valence-electron chi connectivity index (χ3n) is 0.340. The molecule has 0 radical (unpaired) electrons. The Morgan fingerprint density at radius 3 is 2.17 bits per heavy atom. The second-order valence-electron chi connectivity index (χ2n) is 0.954. The number of hydrogen-bond donors (Lipinski definition) is 1. The van der Waals surface area contributed by atoms with Gasteiger partial charge in [0.15, 0.2) is 0 Å². The van der Waals surface area contributed by atoms with Gasteiger partial charge in [0.2, 0.25) is 0 Å². The van der Waals surface area contributed by atoms with Crippen LogP contribution in [0.4, 0.5) is 0 Å². The first-order valence-electron chi connectivity index (χ1n) is 1.51. The van der Waals surface area contributed by atoms with Crippen molar-refractivity contribution in [3.8, 4) is 0 Å². The Hall–Kier alpha value is 1.20. The Balaban J connectivity index is 3.26. The van der Waals surface area contributed by atoms with E-state index in [1.54, 1.807) is 0 Å². The van der Waals surface area contributed by atoms with Crippen molar-refractivity contribution in [2.24, 2.45) is 0 Å². The molecule has 0 aliphatic carbocycles. The van der Waals surface area contributed by atoms with E-state index >= 15 is 0 Å². The van der Waals surface area contributed by atoms with E-state index in [1.165, 1.54) is 0 Å². The molecule has 4 heteroatoms. The Bertz CT molecular complexity index is 62.6. The fourth-order valence-corrected chi connectivity index (χ4v) is 0. The molecule has 6 heavy (non-hydrogen) atoms. The van der Waals surface area contributed by atoms with E-state index in [4.69, 9.17) is 5.11 Å². The van der Waals surface area contributed by atoms with Gasteiger partial charge in [-0.05, 0) is 0 Å². The van der Waals surface area contributed by atoms with Crippen molar-refractivity contribution in [2.45, 2.75) is 1.17 Å². The first-order valence-corrected chi connectivity index (χ1v) is 3.91. The number of carboxylic acids is 1. The zero-order valence-corrected chi connectivity index (χ0v) is 7.47. The summed E-state index contributed by atoms with van der Waals surface area (Å²) in [7, 11) is 0. The van der Waals surface area contributed by atoms with Crippen molar-refractivity contribution in [3.63, 3.8) is 0 Å². The third kappa shape index (κ3) is 3.39. The quantitative estimate of drug-likeness (QED) is 0.374. The summed E-state index contributed by atoms with van der Waals surface area (Å²) >= 11 is 2.64. The normalized spacial score (nSPS) is 13.8. The Morgan fingerprint density at radius 2 is 2.17 bits per heavy atom. The first kappa shape index (κ1) is 7.20. The number of halogens is 1. The van der Waals surface area contributed by atoms with Crippen LogP contribution in [-0.2, 0) is 4.79 Å². The number of alkyl halides is 1. The van der Waals surface area contributed by atoms with Gasteiger partial charge in [-0.1, -0.05) is 0 Å². The fraction of sp³-hybridized carbons (Fsp3) is 0.500. The molecule has 30 valence electrons. The number of rotatable bonds is 1. The van der Waals surface area contributed by atoms with E-state index in [0.717, 1.165) is 27.9 Å². The van der Waals surface area contributed by atoms with Crippen LogP contribution in [0, 0.1) is 0 Å². The third-order valence-corrected chi connectivity index (χ3v) is 1.37. The fourth-order valence-electron chi connectivity index (χ4n) is 0. The second kappa shape index (κ2) is 3.23. The molecule has 0 aromatic rings. The molecule has 1 N–H and O–H groups in total. The minimum atomic E-state index is -0.692. The van der Waals surface area contributed by atoms with Crippen LogP contribution >= 0.6 is 22.6 Å². The second-order valence-corrected chi connectivity index (χ2v) is 6.33. The minimum absolute atomic E-state index is 0.123. The van der Waals surface area contributed by atoms with Crippen LogP contribution < -0.4 is 0 Å². The molecule has 0 spiro atoms. The topological polar surface area (TPSA) is 37.3 Å².